The Morgan fingerprint density at radius 2 is 1.52 bits per heavy atom. The molecule has 4 aromatic rings. The van der Waals surface area contributed by atoms with Gasteiger partial charge in [-0.05, 0) is 54.1 Å². The summed E-state index contributed by atoms with van der Waals surface area (Å²) in [6, 6.07) is 26.5. The fourth-order valence-corrected chi connectivity index (χ4v) is 5.72. The van der Waals surface area contributed by atoms with Gasteiger partial charge in [-0.1, -0.05) is 30.3 Å². The van der Waals surface area contributed by atoms with Gasteiger partial charge >= 0.3 is 0 Å². The first-order valence-corrected chi connectivity index (χ1v) is 14.1. The first-order chi connectivity index (χ1) is 19.5. The zero-order chi connectivity index (χ0) is 28.1. The fourth-order valence-electron chi connectivity index (χ4n) is 5.02. The predicted molar refractivity (Wildman–Crippen MR) is 163 cm³/mol. The normalized spacial score (nSPS) is 13.3. The van der Waals surface area contributed by atoms with Crippen LogP contribution in [-0.4, -0.2) is 65.3 Å². The highest BCUT2D eigenvalue weighted by molar-refractivity contribution is 7.95. The molecule has 0 unspecified atom stereocenters. The molecule has 208 valence electrons. The Morgan fingerprint density at radius 3 is 2.23 bits per heavy atom. The summed E-state index contributed by atoms with van der Waals surface area (Å²) in [6.07, 6.45) is 0.344. The highest BCUT2D eigenvalue weighted by atomic mass is 32.2. The number of ether oxygens (including phenoxy) is 2. The molecule has 7 nitrogen and oxygen atoms in total. The summed E-state index contributed by atoms with van der Waals surface area (Å²) in [6.45, 7) is 2.96. The first-order valence-electron chi connectivity index (χ1n) is 13.3. The zero-order valence-electron chi connectivity index (χ0n) is 23.4. The topological polar surface area (TPSA) is 54.5 Å². The minimum atomic E-state index is 0.124. The molecule has 5 rings (SSSR count). The van der Waals surface area contributed by atoms with Crippen LogP contribution < -0.4 is 23.5 Å². The first kappa shape index (κ1) is 27.5. The van der Waals surface area contributed by atoms with Gasteiger partial charge in [-0.15, -0.1) is 0 Å². The van der Waals surface area contributed by atoms with Gasteiger partial charge in [-0.2, -0.15) is 0 Å². The molecule has 8 heteroatoms. The maximum Gasteiger partial charge on any atom is 0.227 e. The van der Waals surface area contributed by atoms with Crippen molar-refractivity contribution in [1.29, 1.82) is 0 Å². The lowest BCUT2D eigenvalue weighted by molar-refractivity contribution is -0.130. The van der Waals surface area contributed by atoms with E-state index in [1.54, 1.807) is 14.2 Å². The van der Waals surface area contributed by atoms with Crippen LogP contribution in [0.25, 0.3) is 10.8 Å². The molecule has 0 aliphatic carbocycles. The van der Waals surface area contributed by atoms with Gasteiger partial charge < -0.3 is 28.4 Å². The molecule has 0 radical (unpaired) electrons. The second-order valence-electron chi connectivity index (χ2n) is 9.92. The summed E-state index contributed by atoms with van der Waals surface area (Å²) in [5.41, 5.74) is 3.23. The van der Waals surface area contributed by atoms with E-state index in [9.17, 15) is 4.79 Å². The van der Waals surface area contributed by atoms with Crippen LogP contribution in [0, 0.1) is 0 Å². The van der Waals surface area contributed by atoms with Gasteiger partial charge in [0.1, 0.15) is 5.75 Å². The summed E-state index contributed by atoms with van der Waals surface area (Å²) in [5, 5.41) is 2.38. The van der Waals surface area contributed by atoms with Crippen LogP contribution in [0.15, 0.2) is 83.8 Å². The van der Waals surface area contributed by atoms with Gasteiger partial charge in [-0.25, -0.2) is 0 Å². The van der Waals surface area contributed by atoms with Crippen molar-refractivity contribution in [1.82, 2.24) is 4.90 Å². The Kier molecular flexibility index (Phi) is 8.55. The second kappa shape index (κ2) is 12.4. The van der Waals surface area contributed by atoms with Crippen molar-refractivity contribution >= 4 is 40.1 Å². The molecule has 0 bridgehead atoms. The molecule has 0 atom stereocenters. The summed E-state index contributed by atoms with van der Waals surface area (Å²) < 4.78 is 16.8. The van der Waals surface area contributed by atoms with Crippen LogP contribution in [0.2, 0.25) is 0 Å². The van der Waals surface area contributed by atoms with E-state index >= 15 is 0 Å². The summed E-state index contributed by atoms with van der Waals surface area (Å²) in [7, 11) is 7.33. The lowest BCUT2D eigenvalue weighted by Crippen LogP contribution is -2.49. The minimum absolute atomic E-state index is 0.124. The average Bonchev–Trinajstić information content (AvgIpc) is 2.99. The molecule has 1 amide bonds. The summed E-state index contributed by atoms with van der Waals surface area (Å²) >= 11 is 1.38. The molecule has 1 heterocycles. The molecule has 0 aromatic heterocycles. The number of amides is 1. The van der Waals surface area contributed by atoms with Gasteiger partial charge in [0.2, 0.25) is 5.91 Å². The molecule has 40 heavy (non-hydrogen) atoms. The Labute approximate surface area is 240 Å². The number of carbonyl (C=O) groups excluding carboxylic acids is 1. The number of anilines is 2. The Hall–Kier alpha value is -4.04. The highest BCUT2D eigenvalue weighted by Gasteiger charge is 2.22. The van der Waals surface area contributed by atoms with Gasteiger partial charge in [0.25, 0.3) is 0 Å². The van der Waals surface area contributed by atoms with Crippen LogP contribution in [0.3, 0.4) is 0 Å². The van der Waals surface area contributed by atoms with Crippen molar-refractivity contribution in [3.63, 3.8) is 0 Å². The van der Waals surface area contributed by atoms with E-state index in [4.69, 9.17) is 13.7 Å². The number of hydrogen-bond donors (Lipinski definition) is 0. The van der Waals surface area contributed by atoms with Gasteiger partial charge in [0.05, 0.1) is 37.6 Å². The van der Waals surface area contributed by atoms with Crippen molar-refractivity contribution in [2.75, 3.05) is 64.3 Å². The van der Waals surface area contributed by atoms with Crippen molar-refractivity contribution < 1.29 is 18.5 Å². The zero-order valence-corrected chi connectivity index (χ0v) is 24.2. The number of hydrogen-bond acceptors (Lipinski definition) is 7. The van der Waals surface area contributed by atoms with Crippen LogP contribution in [0.1, 0.15) is 5.56 Å². The summed E-state index contributed by atoms with van der Waals surface area (Å²) in [4.78, 5) is 20.4. The van der Waals surface area contributed by atoms with Crippen LogP contribution >= 0.6 is 12.0 Å². The van der Waals surface area contributed by atoms with Crippen LogP contribution in [0.5, 0.6) is 17.2 Å². The number of piperazine rings is 1. The number of nitrogens with zero attached hydrogens (tertiary/aromatic N) is 3. The van der Waals surface area contributed by atoms with E-state index in [1.165, 1.54) is 28.5 Å². The third-order valence-corrected chi connectivity index (χ3v) is 8.02. The standard InChI is InChI=1S/C32H35N3O4S/c1-33(2)28-9-5-8-27-26(28)7-6-10-31(27)40-39-25-14-12-24(13-15-25)34-17-19-35(20-18-34)32(36)22-23-11-16-29(37-3)30(21-23)38-4/h5-16,21H,17-20,22H2,1-4H3. The van der Waals surface area contributed by atoms with Crippen molar-refractivity contribution in [3.05, 3.63) is 84.4 Å². The number of rotatable bonds is 9. The number of carbonyl (C=O) groups is 1. The Bertz CT molecular complexity index is 1470. The molecule has 1 aliphatic heterocycles. The lowest BCUT2D eigenvalue weighted by atomic mass is 10.1. The van der Waals surface area contributed by atoms with Gasteiger partial charge in [0, 0.05) is 62.4 Å². The molecular weight excluding hydrogens is 522 g/mol. The van der Waals surface area contributed by atoms with E-state index < -0.39 is 0 Å². The molecule has 1 saturated heterocycles. The Morgan fingerprint density at radius 1 is 0.825 bits per heavy atom. The van der Waals surface area contributed by atoms with E-state index in [0.29, 0.717) is 31.0 Å². The lowest BCUT2D eigenvalue weighted by Gasteiger charge is -2.36. The maximum atomic E-state index is 12.9. The van der Waals surface area contributed by atoms with E-state index in [1.807, 2.05) is 35.2 Å². The molecule has 4 aromatic carbocycles. The SMILES string of the molecule is COc1ccc(CC(=O)N2CCN(c3ccc(OSc4cccc5c(N(C)C)cccc45)cc3)CC2)cc1OC. The predicted octanol–water partition coefficient (Wildman–Crippen LogP) is 5.90. The monoisotopic (exact) mass is 557 g/mol. The largest absolute Gasteiger partial charge is 0.493 e. The number of methoxy groups -OCH3 is 2. The van der Waals surface area contributed by atoms with Crippen molar-refractivity contribution in [2.45, 2.75) is 11.3 Å². The van der Waals surface area contributed by atoms with Gasteiger partial charge in [-0.3, -0.25) is 4.79 Å². The molecule has 1 aliphatic rings. The van der Waals surface area contributed by atoms with E-state index in [-0.39, 0.29) is 5.91 Å². The van der Waals surface area contributed by atoms with Gasteiger partial charge in [0.15, 0.2) is 11.5 Å². The third-order valence-electron chi connectivity index (χ3n) is 7.21. The minimum Gasteiger partial charge on any atom is -0.493 e. The van der Waals surface area contributed by atoms with Crippen LogP contribution in [0.4, 0.5) is 11.4 Å². The third kappa shape index (κ3) is 6.07. The smallest absolute Gasteiger partial charge is 0.227 e. The molecular formula is C32H35N3O4S. The number of fused-ring (bicyclic) bond motifs is 1. The fraction of sp³-hybridized carbons (Fsp3) is 0.281. The second-order valence-corrected chi connectivity index (χ2v) is 10.7. The Balaban J connectivity index is 1.15. The summed E-state index contributed by atoms with van der Waals surface area (Å²) in [5.74, 6) is 2.23. The molecule has 0 saturated carbocycles. The molecule has 1 fully saturated rings. The average molecular weight is 558 g/mol. The quantitative estimate of drug-likeness (QED) is 0.238. The van der Waals surface area contributed by atoms with Crippen molar-refractivity contribution in [2.24, 2.45) is 0 Å². The van der Waals surface area contributed by atoms with Crippen molar-refractivity contribution in [3.8, 4) is 17.2 Å². The van der Waals surface area contributed by atoms with Crippen LogP contribution in [-0.2, 0) is 11.2 Å². The highest BCUT2D eigenvalue weighted by Crippen LogP contribution is 2.34. The number of benzene rings is 4. The van der Waals surface area contributed by atoms with E-state index in [2.05, 4.69) is 72.4 Å². The molecule has 0 spiro atoms. The van der Waals surface area contributed by atoms with E-state index in [0.717, 1.165) is 35.0 Å². The molecule has 0 N–H and O–H groups in total. The maximum absolute atomic E-state index is 12.9.